The first kappa shape index (κ1) is 17.9. The fourth-order valence-corrected chi connectivity index (χ4v) is 2.82. The number of hydrogen-bond donors (Lipinski definition) is 2. The van der Waals surface area contributed by atoms with Crippen LogP contribution in [0.25, 0.3) is 0 Å². The Hall–Kier alpha value is -2.47. The molecule has 3 amide bonds. The van der Waals surface area contributed by atoms with Crippen LogP contribution in [0.1, 0.15) is 12.5 Å². The van der Waals surface area contributed by atoms with E-state index in [0.29, 0.717) is 6.54 Å². The highest BCUT2D eigenvalue weighted by atomic mass is 32.2. The maximum atomic E-state index is 12.1. The van der Waals surface area contributed by atoms with E-state index in [-0.39, 0.29) is 11.2 Å². The standard InChI is InChI=1S/C18H20N2O3S/c1-13(24-16-10-8-15(23-2)9-11-16)17(21)20-18(22)19-12-14-6-4-3-5-7-14/h3-11,13H,12H2,1-2H3,(H2,19,20,21,22)/t13-/m1/s1. The molecule has 0 heterocycles. The molecule has 2 rings (SSSR count). The number of rotatable bonds is 6. The van der Waals surface area contributed by atoms with Gasteiger partial charge >= 0.3 is 6.03 Å². The zero-order chi connectivity index (χ0) is 17.4. The van der Waals surface area contributed by atoms with Crippen molar-refractivity contribution in [1.29, 1.82) is 0 Å². The molecule has 0 aliphatic carbocycles. The number of benzene rings is 2. The van der Waals surface area contributed by atoms with Crippen molar-refractivity contribution in [3.05, 3.63) is 60.2 Å². The van der Waals surface area contributed by atoms with E-state index in [4.69, 9.17) is 4.74 Å². The molecular formula is C18H20N2O3S. The van der Waals surface area contributed by atoms with Gasteiger partial charge in [0.25, 0.3) is 0 Å². The van der Waals surface area contributed by atoms with Gasteiger partial charge in [-0.2, -0.15) is 0 Å². The zero-order valence-corrected chi connectivity index (χ0v) is 14.4. The molecule has 0 aliphatic rings. The monoisotopic (exact) mass is 344 g/mol. The molecule has 24 heavy (non-hydrogen) atoms. The number of amides is 3. The van der Waals surface area contributed by atoms with Gasteiger partial charge in [-0.3, -0.25) is 10.1 Å². The molecule has 2 aromatic rings. The van der Waals surface area contributed by atoms with E-state index < -0.39 is 6.03 Å². The summed E-state index contributed by atoms with van der Waals surface area (Å²) in [4.78, 5) is 24.8. The van der Waals surface area contributed by atoms with Gasteiger partial charge in [-0.15, -0.1) is 11.8 Å². The molecule has 1 atom stereocenters. The summed E-state index contributed by atoms with van der Waals surface area (Å²) >= 11 is 1.38. The molecule has 2 aromatic carbocycles. The van der Waals surface area contributed by atoms with Gasteiger partial charge in [-0.05, 0) is 36.8 Å². The van der Waals surface area contributed by atoms with Crippen molar-refractivity contribution in [1.82, 2.24) is 10.6 Å². The van der Waals surface area contributed by atoms with Crippen LogP contribution in [0.4, 0.5) is 4.79 Å². The number of carbonyl (C=O) groups excluding carboxylic acids is 2. The summed E-state index contributed by atoms with van der Waals surface area (Å²) in [5.41, 5.74) is 0.973. The summed E-state index contributed by atoms with van der Waals surface area (Å²) in [5, 5.41) is 4.64. The number of ether oxygens (including phenoxy) is 1. The Bertz CT molecular complexity index is 674. The van der Waals surface area contributed by atoms with Crippen LogP contribution in [0.5, 0.6) is 5.75 Å². The Morgan fingerprint density at radius 2 is 1.75 bits per heavy atom. The second kappa shape index (κ2) is 8.98. The van der Waals surface area contributed by atoms with E-state index >= 15 is 0 Å². The molecule has 0 aliphatic heterocycles. The third kappa shape index (κ3) is 5.62. The minimum Gasteiger partial charge on any atom is -0.497 e. The van der Waals surface area contributed by atoms with Crippen molar-refractivity contribution in [3.63, 3.8) is 0 Å². The average Bonchev–Trinajstić information content (AvgIpc) is 2.61. The predicted octanol–water partition coefficient (Wildman–Crippen LogP) is 3.20. The highest BCUT2D eigenvalue weighted by Gasteiger charge is 2.17. The van der Waals surface area contributed by atoms with Crippen LogP contribution >= 0.6 is 11.8 Å². The quantitative estimate of drug-likeness (QED) is 0.790. The summed E-state index contributed by atoms with van der Waals surface area (Å²) in [6.45, 7) is 2.13. The fourth-order valence-electron chi connectivity index (χ4n) is 1.95. The molecule has 126 valence electrons. The molecule has 0 fully saturated rings. The van der Waals surface area contributed by atoms with Crippen LogP contribution in [-0.2, 0) is 11.3 Å². The molecule has 0 saturated heterocycles. The number of imide groups is 1. The van der Waals surface area contributed by atoms with Crippen LogP contribution in [0.3, 0.4) is 0 Å². The second-order valence-electron chi connectivity index (χ2n) is 5.09. The number of nitrogens with one attached hydrogen (secondary N) is 2. The molecule has 5 nitrogen and oxygen atoms in total. The van der Waals surface area contributed by atoms with Crippen LogP contribution in [0.2, 0.25) is 0 Å². The Balaban J connectivity index is 1.78. The normalized spacial score (nSPS) is 11.4. The van der Waals surface area contributed by atoms with Crippen molar-refractivity contribution in [3.8, 4) is 5.75 Å². The number of hydrogen-bond acceptors (Lipinski definition) is 4. The lowest BCUT2D eigenvalue weighted by Crippen LogP contribution is -2.42. The van der Waals surface area contributed by atoms with Gasteiger partial charge in [0.15, 0.2) is 0 Å². The zero-order valence-electron chi connectivity index (χ0n) is 13.6. The lowest BCUT2D eigenvalue weighted by Gasteiger charge is -2.12. The fraction of sp³-hybridized carbons (Fsp3) is 0.222. The van der Waals surface area contributed by atoms with Crippen LogP contribution < -0.4 is 15.4 Å². The van der Waals surface area contributed by atoms with Crippen LogP contribution in [-0.4, -0.2) is 24.3 Å². The Kier molecular flexibility index (Phi) is 6.69. The first-order valence-electron chi connectivity index (χ1n) is 7.52. The molecule has 0 unspecified atom stereocenters. The third-order valence-corrected chi connectivity index (χ3v) is 4.39. The first-order chi connectivity index (χ1) is 11.6. The van der Waals surface area contributed by atoms with E-state index in [1.54, 1.807) is 14.0 Å². The predicted molar refractivity (Wildman–Crippen MR) is 95.1 cm³/mol. The van der Waals surface area contributed by atoms with E-state index in [2.05, 4.69) is 10.6 Å². The summed E-state index contributed by atoms with van der Waals surface area (Å²) in [7, 11) is 1.60. The van der Waals surface area contributed by atoms with Crippen LogP contribution in [0.15, 0.2) is 59.5 Å². The highest BCUT2D eigenvalue weighted by molar-refractivity contribution is 8.00. The van der Waals surface area contributed by atoms with Crippen molar-refractivity contribution < 1.29 is 14.3 Å². The van der Waals surface area contributed by atoms with Gasteiger partial charge < -0.3 is 10.1 Å². The molecule has 0 saturated carbocycles. The van der Waals surface area contributed by atoms with Crippen LogP contribution in [0, 0.1) is 0 Å². The average molecular weight is 344 g/mol. The molecule has 0 bridgehead atoms. The van der Waals surface area contributed by atoms with Gasteiger partial charge in [-0.1, -0.05) is 30.3 Å². The van der Waals surface area contributed by atoms with E-state index in [9.17, 15) is 9.59 Å². The maximum absolute atomic E-state index is 12.1. The first-order valence-corrected chi connectivity index (χ1v) is 8.40. The molecule has 0 aromatic heterocycles. The van der Waals surface area contributed by atoms with Gasteiger partial charge in [0, 0.05) is 11.4 Å². The molecule has 2 N–H and O–H groups in total. The topological polar surface area (TPSA) is 67.4 Å². The van der Waals surface area contributed by atoms with Gasteiger partial charge in [0.1, 0.15) is 5.75 Å². The van der Waals surface area contributed by atoms with E-state index in [1.807, 2.05) is 54.6 Å². The number of carbonyl (C=O) groups is 2. The van der Waals surface area contributed by atoms with E-state index in [1.165, 1.54) is 11.8 Å². The van der Waals surface area contributed by atoms with Gasteiger partial charge in [-0.25, -0.2) is 4.79 Å². The molecular weight excluding hydrogens is 324 g/mol. The Labute approximate surface area is 145 Å². The second-order valence-corrected chi connectivity index (χ2v) is 6.51. The van der Waals surface area contributed by atoms with Crippen molar-refractivity contribution >= 4 is 23.7 Å². The van der Waals surface area contributed by atoms with E-state index in [0.717, 1.165) is 16.2 Å². The lowest BCUT2D eigenvalue weighted by atomic mass is 10.2. The van der Waals surface area contributed by atoms with Crippen molar-refractivity contribution in [2.24, 2.45) is 0 Å². The minimum atomic E-state index is -0.494. The lowest BCUT2D eigenvalue weighted by molar-refractivity contribution is -0.119. The molecule has 0 spiro atoms. The highest BCUT2D eigenvalue weighted by Crippen LogP contribution is 2.25. The molecule has 6 heteroatoms. The largest absolute Gasteiger partial charge is 0.497 e. The van der Waals surface area contributed by atoms with Crippen molar-refractivity contribution in [2.75, 3.05) is 7.11 Å². The summed E-state index contributed by atoms with van der Waals surface area (Å²) < 4.78 is 5.10. The number of thioether (sulfide) groups is 1. The van der Waals surface area contributed by atoms with Gasteiger partial charge in [0.05, 0.1) is 12.4 Å². The third-order valence-electron chi connectivity index (χ3n) is 3.27. The van der Waals surface area contributed by atoms with Gasteiger partial charge in [0.2, 0.25) is 5.91 Å². The summed E-state index contributed by atoms with van der Waals surface area (Å²) in [6, 6.07) is 16.4. The summed E-state index contributed by atoms with van der Waals surface area (Å²) in [5.74, 6) is 0.429. The smallest absolute Gasteiger partial charge is 0.321 e. The molecule has 0 radical (unpaired) electrons. The Morgan fingerprint density at radius 1 is 1.08 bits per heavy atom. The number of urea groups is 1. The number of methoxy groups -OCH3 is 1. The SMILES string of the molecule is COc1ccc(S[C@H](C)C(=O)NC(=O)NCc2ccccc2)cc1. The summed E-state index contributed by atoms with van der Waals surface area (Å²) in [6.07, 6.45) is 0. The van der Waals surface area contributed by atoms with Crippen molar-refractivity contribution in [2.45, 2.75) is 23.6 Å². The maximum Gasteiger partial charge on any atom is 0.321 e. The minimum absolute atomic E-state index is 0.332. The Morgan fingerprint density at radius 3 is 2.38 bits per heavy atom.